The van der Waals surface area contributed by atoms with Gasteiger partial charge in [-0.2, -0.15) is 0 Å². The van der Waals surface area contributed by atoms with Crippen molar-refractivity contribution in [3.05, 3.63) is 71.8 Å². The zero-order valence-corrected chi connectivity index (χ0v) is 13.4. The van der Waals surface area contributed by atoms with E-state index in [9.17, 15) is 9.59 Å². The minimum Gasteiger partial charge on any atom is -0.443 e. The fourth-order valence-electron chi connectivity index (χ4n) is 2.27. The topological polar surface area (TPSA) is 100 Å². The number of imide groups is 1. The van der Waals surface area contributed by atoms with Gasteiger partial charge in [0.2, 0.25) is 0 Å². The lowest BCUT2D eigenvalue weighted by Gasteiger charge is -2.19. The van der Waals surface area contributed by atoms with E-state index < -0.39 is 12.1 Å². The summed E-state index contributed by atoms with van der Waals surface area (Å²) in [6, 6.07) is 18.0. The molecule has 3 amide bonds. The number of benzene rings is 2. The number of urea groups is 1. The molecular weight excluding hydrogens is 306 g/mol. The van der Waals surface area contributed by atoms with E-state index in [1.165, 1.54) is 0 Å². The molecule has 6 nitrogen and oxygen atoms in total. The normalized spacial score (nSPS) is 11.5. The maximum absolute atomic E-state index is 12.1. The summed E-state index contributed by atoms with van der Waals surface area (Å²) in [5.41, 5.74) is 11.2. The number of nitrogens with zero attached hydrogens (tertiary/aromatic N) is 1. The van der Waals surface area contributed by atoms with Crippen molar-refractivity contribution in [2.75, 3.05) is 6.61 Å². The maximum atomic E-state index is 12.1. The Labute approximate surface area is 141 Å². The van der Waals surface area contributed by atoms with Crippen LogP contribution in [0.15, 0.2) is 60.7 Å². The number of amides is 3. The first-order chi connectivity index (χ1) is 11.6. The second kappa shape index (κ2) is 8.69. The number of carbonyl (C=O) groups excluding carboxylic acids is 2. The van der Waals surface area contributed by atoms with Crippen molar-refractivity contribution in [1.82, 2.24) is 4.90 Å². The first kappa shape index (κ1) is 17.5. The average Bonchev–Trinajstić information content (AvgIpc) is 2.59. The van der Waals surface area contributed by atoms with Crippen LogP contribution in [0, 0.1) is 0 Å². The van der Waals surface area contributed by atoms with E-state index in [0.29, 0.717) is 6.42 Å². The number of nitrogens with two attached hydrogens (primary N) is 1. The third-order valence-electron chi connectivity index (χ3n) is 3.48. The van der Waals surface area contributed by atoms with E-state index in [0.717, 1.165) is 16.0 Å². The van der Waals surface area contributed by atoms with Crippen LogP contribution in [0.4, 0.5) is 9.59 Å². The van der Waals surface area contributed by atoms with E-state index in [4.69, 9.17) is 10.5 Å². The van der Waals surface area contributed by atoms with Crippen LogP contribution in [0.3, 0.4) is 0 Å². The number of rotatable bonds is 6. The van der Waals surface area contributed by atoms with Crippen LogP contribution >= 0.6 is 0 Å². The Morgan fingerprint density at radius 3 is 2.08 bits per heavy atom. The molecule has 6 heteroatoms. The number of primary amides is 1. The van der Waals surface area contributed by atoms with Crippen LogP contribution in [0.25, 0.3) is 0 Å². The first-order valence-corrected chi connectivity index (χ1v) is 7.71. The van der Waals surface area contributed by atoms with Crippen molar-refractivity contribution in [2.24, 2.45) is 5.73 Å². The highest BCUT2D eigenvalue weighted by Gasteiger charge is 2.22. The van der Waals surface area contributed by atoms with Crippen molar-refractivity contribution >= 4 is 12.1 Å². The predicted octanol–water partition coefficient (Wildman–Crippen LogP) is 1.56. The van der Waals surface area contributed by atoms with E-state index >= 15 is 0 Å². The molecule has 2 aromatic carbocycles. The smallest absolute Gasteiger partial charge is 0.418 e. The highest BCUT2D eigenvalue weighted by molar-refractivity contribution is 5.89. The highest BCUT2D eigenvalue weighted by atomic mass is 16.6. The van der Waals surface area contributed by atoms with Gasteiger partial charge in [0.25, 0.3) is 0 Å². The van der Waals surface area contributed by atoms with Crippen molar-refractivity contribution in [1.29, 1.82) is 0 Å². The molecule has 0 bridgehead atoms. The molecule has 5 N–H and O–H groups in total. The van der Waals surface area contributed by atoms with Gasteiger partial charge in [0.15, 0.2) is 0 Å². The first-order valence-electron chi connectivity index (χ1n) is 7.71. The Bertz CT molecular complexity index is 662. The molecule has 0 aliphatic rings. The molecule has 0 spiro atoms. The highest BCUT2D eigenvalue weighted by Crippen LogP contribution is 2.07. The fourth-order valence-corrected chi connectivity index (χ4v) is 2.27. The molecule has 0 saturated carbocycles. The molecular formula is C18H22N3O3+. The zero-order chi connectivity index (χ0) is 17.4. The Balaban J connectivity index is 1.87. The summed E-state index contributed by atoms with van der Waals surface area (Å²) in [5.74, 6) is 0. The minimum absolute atomic E-state index is 0.0789. The molecule has 0 heterocycles. The minimum atomic E-state index is -0.840. The Morgan fingerprint density at radius 2 is 1.54 bits per heavy atom. The van der Waals surface area contributed by atoms with Gasteiger partial charge in [0, 0.05) is 6.42 Å². The lowest BCUT2D eigenvalue weighted by Crippen LogP contribution is -2.64. The van der Waals surface area contributed by atoms with Crippen molar-refractivity contribution in [3.8, 4) is 0 Å². The zero-order valence-electron chi connectivity index (χ0n) is 13.4. The van der Waals surface area contributed by atoms with Crippen LogP contribution in [0.2, 0.25) is 0 Å². The van der Waals surface area contributed by atoms with Crippen LogP contribution in [-0.4, -0.2) is 29.7 Å². The van der Waals surface area contributed by atoms with Crippen molar-refractivity contribution < 1.29 is 20.1 Å². The Kier molecular flexibility index (Phi) is 6.33. The summed E-state index contributed by atoms with van der Waals surface area (Å²) in [6.45, 7) is 0.196. The van der Waals surface area contributed by atoms with Gasteiger partial charge in [-0.3, -0.25) is 0 Å². The van der Waals surface area contributed by atoms with E-state index in [1.54, 1.807) is 0 Å². The van der Waals surface area contributed by atoms with E-state index in [2.05, 4.69) is 5.73 Å². The van der Waals surface area contributed by atoms with Crippen LogP contribution < -0.4 is 11.5 Å². The molecule has 2 rings (SSSR count). The quantitative estimate of drug-likeness (QED) is 0.841. The van der Waals surface area contributed by atoms with Gasteiger partial charge in [-0.05, 0) is 11.1 Å². The van der Waals surface area contributed by atoms with Crippen LogP contribution in [-0.2, 0) is 17.7 Å². The van der Waals surface area contributed by atoms with Crippen LogP contribution in [0.5, 0.6) is 0 Å². The van der Waals surface area contributed by atoms with Gasteiger partial charge in [0.1, 0.15) is 12.6 Å². The molecule has 0 unspecified atom stereocenters. The molecule has 1 atom stereocenters. The molecule has 0 aliphatic carbocycles. The van der Waals surface area contributed by atoms with E-state index in [-0.39, 0.29) is 19.2 Å². The van der Waals surface area contributed by atoms with E-state index in [1.807, 2.05) is 60.7 Å². The predicted molar refractivity (Wildman–Crippen MR) is 89.7 cm³/mol. The number of ether oxygens (including phenoxy) is 1. The molecule has 0 aromatic heterocycles. The molecule has 2 aromatic rings. The van der Waals surface area contributed by atoms with Gasteiger partial charge < -0.3 is 16.2 Å². The average molecular weight is 328 g/mol. The van der Waals surface area contributed by atoms with Crippen molar-refractivity contribution in [3.63, 3.8) is 0 Å². The Morgan fingerprint density at radius 1 is 1.00 bits per heavy atom. The van der Waals surface area contributed by atoms with Gasteiger partial charge in [-0.1, -0.05) is 60.7 Å². The second-order valence-corrected chi connectivity index (χ2v) is 5.54. The number of hydrogen-bond acceptors (Lipinski definition) is 3. The SMILES string of the molecule is NC(=O)N(Cc1ccccc1)C(=O)OC[C@H]([NH3+])Cc1ccccc1. The molecule has 0 radical (unpaired) electrons. The van der Waals surface area contributed by atoms with Crippen molar-refractivity contribution in [2.45, 2.75) is 19.0 Å². The summed E-state index contributed by atoms with van der Waals surface area (Å²) in [7, 11) is 0. The van der Waals surface area contributed by atoms with Crippen LogP contribution in [0.1, 0.15) is 11.1 Å². The third kappa shape index (κ3) is 5.40. The summed E-state index contributed by atoms with van der Waals surface area (Å²) in [4.78, 5) is 24.5. The standard InChI is InChI=1S/C18H21N3O3/c19-16(11-14-7-3-1-4-8-14)13-24-18(23)21(17(20)22)12-15-9-5-2-6-10-15/h1-10,16H,11-13,19H2,(H2,20,22)/p+1/t16-/m1/s1. The van der Waals surface area contributed by atoms with Gasteiger partial charge >= 0.3 is 12.1 Å². The largest absolute Gasteiger partial charge is 0.443 e. The number of quaternary nitrogens is 1. The monoisotopic (exact) mass is 328 g/mol. The number of carbonyl (C=O) groups is 2. The summed E-state index contributed by atoms with van der Waals surface area (Å²) in [6.07, 6.45) is -0.0725. The molecule has 126 valence electrons. The summed E-state index contributed by atoms with van der Waals surface area (Å²) < 4.78 is 5.20. The van der Waals surface area contributed by atoms with Gasteiger partial charge in [0.05, 0.1) is 6.54 Å². The molecule has 0 aliphatic heterocycles. The Hall–Kier alpha value is -2.86. The van der Waals surface area contributed by atoms with Gasteiger partial charge in [-0.15, -0.1) is 0 Å². The molecule has 0 saturated heterocycles. The van der Waals surface area contributed by atoms with Gasteiger partial charge in [-0.25, -0.2) is 14.5 Å². The third-order valence-corrected chi connectivity index (χ3v) is 3.48. The maximum Gasteiger partial charge on any atom is 0.418 e. The summed E-state index contributed by atoms with van der Waals surface area (Å²) >= 11 is 0. The lowest BCUT2D eigenvalue weighted by atomic mass is 10.1. The number of hydrogen-bond donors (Lipinski definition) is 2. The second-order valence-electron chi connectivity index (χ2n) is 5.54. The summed E-state index contributed by atoms with van der Waals surface area (Å²) in [5, 5.41) is 0. The lowest BCUT2D eigenvalue weighted by molar-refractivity contribution is -0.424. The fraction of sp³-hybridized carbons (Fsp3) is 0.222. The molecule has 0 fully saturated rings. The molecule has 24 heavy (non-hydrogen) atoms.